The number of halogens is 1. The van der Waals surface area contributed by atoms with Gasteiger partial charge >= 0.3 is 0 Å². The maximum absolute atomic E-state index is 13.7. The van der Waals surface area contributed by atoms with Crippen molar-refractivity contribution in [2.45, 2.75) is 25.4 Å². The minimum Gasteiger partial charge on any atom is -0.376 e. The fourth-order valence-electron chi connectivity index (χ4n) is 2.91. The Labute approximate surface area is 151 Å². The van der Waals surface area contributed by atoms with E-state index in [-0.39, 0.29) is 24.3 Å². The van der Waals surface area contributed by atoms with Gasteiger partial charge in [-0.05, 0) is 36.6 Å². The van der Waals surface area contributed by atoms with Crippen molar-refractivity contribution in [2.24, 2.45) is 0 Å². The molecule has 0 saturated carbocycles. The van der Waals surface area contributed by atoms with Crippen LogP contribution in [-0.2, 0) is 16.0 Å². The molecule has 2 aromatic rings. The molecule has 0 aromatic heterocycles. The second-order valence-corrected chi connectivity index (χ2v) is 6.21. The van der Waals surface area contributed by atoms with Crippen molar-refractivity contribution in [1.29, 1.82) is 0 Å². The van der Waals surface area contributed by atoms with Crippen LogP contribution in [0.1, 0.15) is 28.8 Å². The van der Waals surface area contributed by atoms with Crippen LogP contribution in [0, 0.1) is 5.82 Å². The summed E-state index contributed by atoms with van der Waals surface area (Å²) in [5.74, 6) is -1.08. The third-order valence-corrected chi connectivity index (χ3v) is 4.27. The maximum Gasteiger partial charge on any atom is 0.253 e. The van der Waals surface area contributed by atoms with E-state index in [0.717, 1.165) is 19.4 Å². The molecule has 136 valence electrons. The van der Waals surface area contributed by atoms with Gasteiger partial charge in [-0.15, -0.1) is 0 Å². The van der Waals surface area contributed by atoms with Crippen molar-refractivity contribution in [2.75, 3.05) is 18.5 Å². The molecule has 1 aliphatic heterocycles. The third-order valence-electron chi connectivity index (χ3n) is 4.27. The van der Waals surface area contributed by atoms with Gasteiger partial charge in [-0.3, -0.25) is 9.59 Å². The topological polar surface area (TPSA) is 67.4 Å². The first-order chi connectivity index (χ1) is 12.6. The molecule has 2 aromatic carbocycles. The first-order valence-corrected chi connectivity index (χ1v) is 8.65. The Morgan fingerprint density at radius 2 is 1.88 bits per heavy atom. The first kappa shape index (κ1) is 18.1. The Hall–Kier alpha value is -2.73. The molecule has 1 atom stereocenters. The number of hydrogen-bond acceptors (Lipinski definition) is 3. The molecule has 0 aliphatic carbocycles. The van der Waals surface area contributed by atoms with Crippen molar-refractivity contribution < 1.29 is 18.7 Å². The molecule has 3 rings (SSSR count). The minimum atomic E-state index is -0.426. The van der Waals surface area contributed by atoms with E-state index in [0.29, 0.717) is 23.4 Å². The standard InChI is InChI=1S/C20H21FN2O3/c21-17-9-3-1-6-14(17)12-19(24)23-18-10-4-2-8-16(18)20(25)22-13-15-7-5-11-26-15/h1-4,6,8-10,15H,5,7,11-13H2,(H,22,25)(H,23,24)/t15-/m0/s1. The molecule has 1 saturated heterocycles. The predicted octanol–water partition coefficient (Wildman–Crippen LogP) is 2.92. The van der Waals surface area contributed by atoms with E-state index in [9.17, 15) is 14.0 Å². The van der Waals surface area contributed by atoms with Crippen LogP contribution < -0.4 is 10.6 Å². The Morgan fingerprint density at radius 3 is 2.65 bits per heavy atom. The highest BCUT2D eigenvalue weighted by Crippen LogP contribution is 2.17. The zero-order valence-electron chi connectivity index (χ0n) is 14.3. The van der Waals surface area contributed by atoms with E-state index in [4.69, 9.17) is 4.74 Å². The summed E-state index contributed by atoms with van der Waals surface area (Å²) < 4.78 is 19.2. The number of rotatable bonds is 6. The summed E-state index contributed by atoms with van der Waals surface area (Å²) in [6, 6.07) is 12.9. The highest BCUT2D eigenvalue weighted by molar-refractivity contribution is 6.04. The summed E-state index contributed by atoms with van der Waals surface area (Å²) in [6.07, 6.45) is 1.88. The molecular weight excluding hydrogens is 335 g/mol. The molecule has 0 unspecified atom stereocenters. The molecule has 6 heteroatoms. The molecule has 26 heavy (non-hydrogen) atoms. The van der Waals surface area contributed by atoms with E-state index < -0.39 is 5.82 Å². The summed E-state index contributed by atoms with van der Waals surface area (Å²) >= 11 is 0. The van der Waals surface area contributed by atoms with Gasteiger partial charge in [0.25, 0.3) is 5.91 Å². The maximum atomic E-state index is 13.7. The first-order valence-electron chi connectivity index (χ1n) is 8.65. The second-order valence-electron chi connectivity index (χ2n) is 6.21. The zero-order chi connectivity index (χ0) is 18.4. The van der Waals surface area contributed by atoms with E-state index in [1.807, 2.05) is 0 Å². The van der Waals surface area contributed by atoms with Crippen LogP contribution in [0.4, 0.5) is 10.1 Å². The fourth-order valence-corrected chi connectivity index (χ4v) is 2.91. The number of benzene rings is 2. The van der Waals surface area contributed by atoms with Crippen LogP contribution in [-0.4, -0.2) is 31.1 Å². The van der Waals surface area contributed by atoms with E-state index in [2.05, 4.69) is 10.6 Å². The SMILES string of the molecule is O=C(Cc1ccccc1F)Nc1ccccc1C(=O)NC[C@@H]1CCCO1. The van der Waals surface area contributed by atoms with E-state index in [1.54, 1.807) is 42.5 Å². The van der Waals surface area contributed by atoms with Crippen LogP contribution in [0.15, 0.2) is 48.5 Å². The van der Waals surface area contributed by atoms with Crippen LogP contribution in [0.25, 0.3) is 0 Å². The number of carbonyl (C=O) groups excluding carboxylic acids is 2. The van der Waals surface area contributed by atoms with Gasteiger partial charge in [0.15, 0.2) is 0 Å². The van der Waals surface area contributed by atoms with Gasteiger partial charge in [0.05, 0.1) is 23.8 Å². The fraction of sp³-hybridized carbons (Fsp3) is 0.300. The average Bonchev–Trinajstić information content (AvgIpc) is 3.16. The molecule has 5 nitrogen and oxygen atoms in total. The lowest BCUT2D eigenvalue weighted by molar-refractivity contribution is -0.115. The van der Waals surface area contributed by atoms with Crippen molar-refractivity contribution >= 4 is 17.5 Å². The summed E-state index contributed by atoms with van der Waals surface area (Å²) in [4.78, 5) is 24.7. The highest BCUT2D eigenvalue weighted by Gasteiger charge is 2.18. The smallest absolute Gasteiger partial charge is 0.253 e. The molecular formula is C20H21FN2O3. The zero-order valence-corrected chi connectivity index (χ0v) is 14.3. The number of hydrogen-bond donors (Lipinski definition) is 2. The lowest BCUT2D eigenvalue weighted by Crippen LogP contribution is -2.32. The van der Waals surface area contributed by atoms with Crippen LogP contribution >= 0.6 is 0 Å². The number of amides is 2. The van der Waals surface area contributed by atoms with Gasteiger partial charge in [0.2, 0.25) is 5.91 Å². The number of ether oxygens (including phenoxy) is 1. The van der Waals surface area contributed by atoms with E-state index in [1.165, 1.54) is 6.07 Å². The molecule has 1 aliphatic rings. The van der Waals surface area contributed by atoms with Crippen molar-refractivity contribution in [3.63, 3.8) is 0 Å². The highest BCUT2D eigenvalue weighted by atomic mass is 19.1. The monoisotopic (exact) mass is 356 g/mol. The average molecular weight is 356 g/mol. The Balaban J connectivity index is 1.63. The summed E-state index contributed by atoms with van der Waals surface area (Å²) in [5, 5.41) is 5.54. The van der Waals surface area contributed by atoms with Crippen molar-refractivity contribution in [3.8, 4) is 0 Å². The molecule has 1 heterocycles. The number of anilines is 1. The van der Waals surface area contributed by atoms with Gasteiger partial charge in [0, 0.05) is 13.2 Å². The molecule has 2 N–H and O–H groups in total. The molecule has 1 fully saturated rings. The van der Waals surface area contributed by atoms with Gasteiger partial charge < -0.3 is 15.4 Å². The Morgan fingerprint density at radius 1 is 1.12 bits per heavy atom. The summed E-state index contributed by atoms with van der Waals surface area (Å²) in [7, 11) is 0. The quantitative estimate of drug-likeness (QED) is 0.836. The Kier molecular flexibility index (Phi) is 5.96. The van der Waals surface area contributed by atoms with Crippen molar-refractivity contribution in [1.82, 2.24) is 5.32 Å². The van der Waals surface area contributed by atoms with Gasteiger partial charge in [-0.1, -0.05) is 30.3 Å². The number of nitrogens with one attached hydrogen (secondary N) is 2. The third kappa shape index (κ3) is 4.67. The Bertz CT molecular complexity index is 788. The predicted molar refractivity (Wildman–Crippen MR) is 96.5 cm³/mol. The lowest BCUT2D eigenvalue weighted by Gasteiger charge is -2.14. The molecule has 2 amide bonds. The molecule has 0 radical (unpaired) electrons. The van der Waals surface area contributed by atoms with Crippen LogP contribution in [0.2, 0.25) is 0 Å². The molecule has 0 bridgehead atoms. The summed E-state index contributed by atoms with van der Waals surface area (Å²) in [6.45, 7) is 1.17. The second kappa shape index (κ2) is 8.58. The van der Waals surface area contributed by atoms with Gasteiger partial charge in [0.1, 0.15) is 5.82 Å². The largest absolute Gasteiger partial charge is 0.376 e. The minimum absolute atomic E-state index is 0.0433. The van der Waals surface area contributed by atoms with Gasteiger partial charge in [-0.25, -0.2) is 4.39 Å². The van der Waals surface area contributed by atoms with Crippen LogP contribution in [0.5, 0.6) is 0 Å². The normalized spacial score (nSPS) is 16.3. The number of carbonyl (C=O) groups is 2. The molecule has 0 spiro atoms. The summed E-state index contributed by atoms with van der Waals surface area (Å²) in [5.41, 5.74) is 1.08. The lowest BCUT2D eigenvalue weighted by atomic mass is 10.1. The van der Waals surface area contributed by atoms with Crippen LogP contribution in [0.3, 0.4) is 0 Å². The van der Waals surface area contributed by atoms with Crippen molar-refractivity contribution in [3.05, 3.63) is 65.5 Å². The van der Waals surface area contributed by atoms with Gasteiger partial charge in [-0.2, -0.15) is 0 Å². The van der Waals surface area contributed by atoms with E-state index >= 15 is 0 Å². The number of para-hydroxylation sites is 1.